The number of carbonyl (C=O) groups excluding carboxylic acids is 1. The molecule has 31 heavy (non-hydrogen) atoms. The molecule has 4 aromatic rings. The Bertz CT molecular complexity index is 1280. The average molecular weight is 407 g/mol. The molecule has 152 valence electrons. The van der Waals surface area contributed by atoms with Crippen molar-refractivity contribution in [1.29, 1.82) is 0 Å². The number of methoxy groups -OCH3 is 1. The van der Waals surface area contributed by atoms with Gasteiger partial charge in [-0.15, -0.1) is 0 Å². The van der Waals surface area contributed by atoms with Gasteiger partial charge in [-0.05, 0) is 35.4 Å². The van der Waals surface area contributed by atoms with Gasteiger partial charge in [0.25, 0.3) is 0 Å². The van der Waals surface area contributed by atoms with E-state index in [-0.39, 0.29) is 12.1 Å². The van der Waals surface area contributed by atoms with Gasteiger partial charge in [-0.3, -0.25) is 0 Å². The molecular weight excluding hydrogens is 386 g/mol. The number of ether oxygens (including phenoxy) is 1. The minimum atomic E-state index is -0.358. The van der Waals surface area contributed by atoms with Gasteiger partial charge in [-0.2, -0.15) is 0 Å². The van der Waals surface area contributed by atoms with Crippen LogP contribution in [0.3, 0.4) is 0 Å². The average Bonchev–Trinajstić information content (AvgIpc) is 2.84. The Kier molecular flexibility index (Phi) is 4.84. The number of hydrogen-bond acceptors (Lipinski definition) is 3. The van der Waals surface area contributed by atoms with Crippen molar-refractivity contribution in [1.82, 2.24) is 15.6 Å². The highest BCUT2D eigenvalue weighted by Gasteiger charge is 2.31. The van der Waals surface area contributed by atoms with Crippen LogP contribution < -0.4 is 15.4 Å². The maximum atomic E-state index is 12.6. The van der Waals surface area contributed by atoms with Crippen molar-refractivity contribution in [2.24, 2.45) is 0 Å². The molecular formula is C26H21N3O2. The van der Waals surface area contributed by atoms with Crippen LogP contribution in [0.15, 0.2) is 91.0 Å². The second-order valence-electron chi connectivity index (χ2n) is 7.35. The molecule has 2 N–H and O–H groups in total. The van der Waals surface area contributed by atoms with E-state index in [0.717, 1.165) is 44.7 Å². The Hall–Kier alpha value is -4.12. The number of para-hydroxylation sites is 1. The van der Waals surface area contributed by atoms with Crippen molar-refractivity contribution in [3.63, 3.8) is 0 Å². The number of urea groups is 1. The molecule has 0 unspecified atom stereocenters. The summed E-state index contributed by atoms with van der Waals surface area (Å²) in [4.78, 5) is 17.6. The first-order valence-electron chi connectivity index (χ1n) is 10.1. The van der Waals surface area contributed by atoms with Crippen LogP contribution in [0.1, 0.15) is 22.9 Å². The highest BCUT2D eigenvalue weighted by atomic mass is 16.5. The summed E-state index contributed by atoms with van der Waals surface area (Å²) in [5, 5.41) is 7.17. The Morgan fingerprint density at radius 3 is 2.35 bits per heavy atom. The predicted octanol–water partition coefficient (Wildman–Crippen LogP) is 5.17. The maximum absolute atomic E-state index is 12.6. The van der Waals surface area contributed by atoms with Crippen LogP contribution in [0.4, 0.5) is 4.79 Å². The molecule has 1 atom stereocenters. The van der Waals surface area contributed by atoms with Crippen LogP contribution >= 0.6 is 0 Å². The van der Waals surface area contributed by atoms with Gasteiger partial charge < -0.3 is 15.4 Å². The molecule has 0 fully saturated rings. The summed E-state index contributed by atoms with van der Waals surface area (Å²) in [7, 11) is 1.64. The van der Waals surface area contributed by atoms with Gasteiger partial charge in [0.2, 0.25) is 0 Å². The van der Waals surface area contributed by atoms with Crippen LogP contribution in [0, 0.1) is 0 Å². The van der Waals surface area contributed by atoms with E-state index >= 15 is 0 Å². The minimum Gasteiger partial charge on any atom is -0.497 e. The number of hydrogen-bond donors (Lipinski definition) is 2. The van der Waals surface area contributed by atoms with Gasteiger partial charge in [0.1, 0.15) is 5.75 Å². The van der Waals surface area contributed by atoms with E-state index in [4.69, 9.17) is 9.72 Å². The summed E-state index contributed by atoms with van der Waals surface area (Å²) in [5.74, 6) is 0.765. The maximum Gasteiger partial charge on any atom is 0.320 e. The third-order valence-corrected chi connectivity index (χ3v) is 5.46. The van der Waals surface area contributed by atoms with Crippen molar-refractivity contribution in [2.45, 2.75) is 6.04 Å². The molecule has 0 saturated heterocycles. The van der Waals surface area contributed by atoms with Gasteiger partial charge in [0, 0.05) is 11.0 Å². The first-order chi connectivity index (χ1) is 15.2. The van der Waals surface area contributed by atoms with Gasteiger partial charge in [0.05, 0.1) is 30.1 Å². The lowest BCUT2D eigenvalue weighted by atomic mass is 9.90. The standard InChI is InChI=1S/C26H21N3O2/c1-31-20-14-11-19(12-15-20)25-23(22-16-13-17-7-5-6-10-21(17)27-22)24(28-26(30)29-25)18-8-3-2-4-9-18/h2-16,25H,1H3,(H2,28,29,30)/t25-/m0/s1. The molecule has 0 saturated carbocycles. The summed E-state index contributed by atoms with van der Waals surface area (Å²) < 4.78 is 5.30. The summed E-state index contributed by atoms with van der Waals surface area (Å²) in [6, 6.07) is 29.1. The number of amides is 2. The lowest BCUT2D eigenvalue weighted by Crippen LogP contribution is -2.43. The summed E-state index contributed by atoms with van der Waals surface area (Å²) >= 11 is 0. The highest BCUT2D eigenvalue weighted by molar-refractivity contribution is 6.03. The number of benzene rings is 3. The number of carbonyl (C=O) groups is 1. The minimum absolute atomic E-state index is 0.246. The van der Waals surface area contributed by atoms with Gasteiger partial charge >= 0.3 is 6.03 Å². The SMILES string of the molecule is COc1ccc([C@@H]2NC(=O)NC(c3ccccc3)=C2c2ccc3ccccc3n2)cc1. The monoisotopic (exact) mass is 407 g/mol. The normalized spacial score (nSPS) is 16.0. The van der Waals surface area contributed by atoms with Crippen molar-refractivity contribution in [3.05, 3.63) is 108 Å². The summed E-state index contributed by atoms with van der Waals surface area (Å²) in [6.07, 6.45) is 0. The Balaban J connectivity index is 1.74. The van der Waals surface area contributed by atoms with Crippen molar-refractivity contribution >= 4 is 28.2 Å². The molecule has 1 aromatic heterocycles. The topological polar surface area (TPSA) is 63.2 Å². The largest absolute Gasteiger partial charge is 0.497 e. The second-order valence-corrected chi connectivity index (χ2v) is 7.35. The predicted molar refractivity (Wildman–Crippen MR) is 122 cm³/mol. The molecule has 0 aliphatic carbocycles. The van der Waals surface area contributed by atoms with Crippen LogP contribution in [-0.4, -0.2) is 18.1 Å². The quantitative estimate of drug-likeness (QED) is 0.491. The fourth-order valence-electron chi connectivity index (χ4n) is 3.94. The summed E-state index contributed by atoms with van der Waals surface area (Å²) in [5.41, 5.74) is 5.28. The first-order valence-corrected chi connectivity index (χ1v) is 10.1. The third kappa shape index (κ3) is 3.62. The van der Waals surface area contributed by atoms with Gasteiger partial charge in [-0.1, -0.05) is 66.7 Å². The molecule has 2 heterocycles. The number of pyridine rings is 1. The zero-order chi connectivity index (χ0) is 21.2. The fraction of sp³-hybridized carbons (Fsp3) is 0.0769. The van der Waals surface area contributed by atoms with Crippen molar-refractivity contribution in [2.75, 3.05) is 7.11 Å². The van der Waals surface area contributed by atoms with E-state index in [1.54, 1.807) is 7.11 Å². The Labute approximate surface area is 180 Å². The van der Waals surface area contributed by atoms with Crippen molar-refractivity contribution < 1.29 is 9.53 Å². The Morgan fingerprint density at radius 2 is 1.58 bits per heavy atom. The molecule has 1 aliphatic heterocycles. The number of fused-ring (bicyclic) bond motifs is 1. The van der Waals surface area contributed by atoms with E-state index in [9.17, 15) is 4.79 Å². The molecule has 5 rings (SSSR count). The lowest BCUT2D eigenvalue weighted by Gasteiger charge is -2.31. The second kappa shape index (κ2) is 7.95. The lowest BCUT2D eigenvalue weighted by molar-refractivity contribution is 0.242. The molecule has 5 heteroatoms. The van der Waals surface area contributed by atoms with E-state index < -0.39 is 0 Å². The van der Waals surface area contributed by atoms with Crippen LogP contribution in [0.25, 0.3) is 22.2 Å². The van der Waals surface area contributed by atoms with E-state index in [1.165, 1.54) is 0 Å². The molecule has 5 nitrogen and oxygen atoms in total. The molecule has 0 bridgehead atoms. The fourth-order valence-corrected chi connectivity index (χ4v) is 3.94. The molecule has 2 amide bonds. The van der Waals surface area contributed by atoms with E-state index in [2.05, 4.69) is 16.7 Å². The van der Waals surface area contributed by atoms with E-state index in [1.807, 2.05) is 84.9 Å². The van der Waals surface area contributed by atoms with Gasteiger partial charge in [-0.25, -0.2) is 9.78 Å². The van der Waals surface area contributed by atoms with Crippen molar-refractivity contribution in [3.8, 4) is 5.75 Å². The Morgan fingerprint density at radius 1 is 0.839 bits per heavy atom. The number of rotatable bonds is 4. The number of nitrogens with zero attached hydrogens (tertiary/aromatic N) is 1. The van der Waals surface area contributed by atoms with E-state index in [0.29, 0.717) is 0 Å². The molecule has 0 spiro atoms. The third-order valence-electron chi connectivity index (χ3n) is 5.46. The molecule has 3 aromatic carbocycles. The number of aromatic nitrogens is 1. The zero-order valence-electron chi connectivity index (χ0n) is 17.0. The van der Waals surface area contributed by atoms with Gasteiger partial charge in [0.15, 0.2) is 0 Å². The zero-order valence-corrected chi connectivity index (χ0v) is 17.0. The first kappa shape index (κ1) is 18.9. The number of nitrogens with one attached hydrogen (secondary N) is 2. The summed E-state index contributed by atoms with van der Waals surface area (Å²) in [6.45, 7) is 0. The van der Waals surface area contributed by atoms with Crippen LogP contribution in [0.5, 0.6) is 5.75 Å². The van der Waals surface area contributed by atoms with Crippen LogP contribution in [-0.2, 0) is 0 Å². The highest BCUT2D eigenvalue weighted by Crippen LogP contribution is 2.38. The molecule has 0 radical (unpaired) electrons. The smallest absolute Gasteiger partial charge is 0.320 e. The molecule has 1 aliphatic rings. The van der Waals surface area contributed by atoms with Crippen LogP contribution in [0.2, 0.25) is 0 Å².